The maximum atomic E-state index is 12.5. The van der Waals surface area contributed by atoms with Gasteiger partial charge in [-0.1, -0.05) is 30.3 Å². The van der Waals surface area contributed by atoms with Crippen molar-refractivity contribution in [1.82, 2.24) is 0 Å². The quantitative estimate of drug-likeness (QED) is 0.303. The standard InChI is InChI=1S/C22H16O5/c1-2-25-17-9-8-16-12-19(22(24)27-20(16)13-17)21(23)26-18-10-7-14-5-3-4-6-15(14)11-18/h3-13H,2H2,1H3. The molecule has 0 unspecified atom stereocenters. The number of hydrogen-bond acceptors (Lipinski definition) is 5. The van der Waals surface area contributed by atoms with Crippen LogP contribution in [0, 0.1) is 0 Å². The lowest BCUT2D eigenvalue weighted by atomic mass is 10.1. The normalized spacial score (nSPS) is 10.9. The van der Waals surface area contributed by atoms with E-state index in [2.05, 4.69) is 0 Å². The average Bonchev–Trinajstić information content (AvgIpc) is 2.67. The Morgan fingerprint density at radius 1 is 0.889 bits per heavy atom. The third kappa shape index (κ3) is 3.40. The van der Waals surface area contributed by atoms with Gasteiger partial charge in [0.15, 0.2) is 0 Å². The monoisotopic (exact) mass is 360 g/mol. The van der Waals surface area contributed by atoms with Crippen molar-refractivity contribution in [3.05, 3.63) is 82.7 Å². The predicted molar refractivity (Wildman–Crippen MR) is 103 cm³/mol. The lowest BCUT2D eigenvalue weighted by Crippen LogP contribution is -2.18. The summed E-state index contributed by atoms with van der Waals surface area (Å²) in [6.45, 7) is 2.37. The van der Waals surface area contributed by atoms with E-state index in [9.17, 15) is 9.59 Å². The summed E-state index contributed by atoms with van der Waals surface area (Å²) in [6, 6.07) is 19.6. The number of hydrogen-bond donors (Lipinski definition) is 0. The average molecular weight is 360 g/mol. The lowest BCUT2D eigenvalue weighted by molar-refractivity contribution is 0.0731. The molecule has 5 nitrogen and oxygen atoms in total. The molecule has 0 N–H and O–H groups in total. The van der Waals surface area contributed by atoms with Crippen LogP contribution in [0.25, 0.3) is 21.7 Å². The largest absolute Gasteiger partial charge is 0.494 e. The van der Waals surface area contributed by atoms with E-state index in [1.54, 1.807) is 30.3 Å². The van der Waals surface area contributed by atoms with Gasteiger partial charge in [-0.2, -0.15) is 0 Å². The molecule has 0 aliphatic heterocycles. The summed E-state index contributed by atoms with van der Waals surface area (Å²) < 4.78 is 16.0. The molecule has 0 bridgehead atoms. The van der Waals surface area contributed by atoms with Crippen molar-refractivity contribution in [3.8, 4) is 11.5 Å². The first-order valence-corrected chi connectivity index (χ1v) is 8.56. The molecule has 3 aromatic carbocycles. The third-order valence-corrected chi connectivity index (χ3v) is 4.17. The van der Waals surface area contributed by atoms with Gasteiger partial charge in [0.1, 0.15) is 22.6 Å². The van der Waals surface area contributed by atoms with Gasteiger partial charge in [0, 0.05) is 11.5 Å². The molecule has 134 valence electrons. The number of ether oxygens (including phenoxy) is 2. The highest BCUT2D eigenvalue weighted by Gasteiger charge is 2.16. The highest BCUT2D eigenvalue weighted by molar-refractivity contribution is 5.95. The van der Waals surface area contributed by atoms with E-state index < -0.39 is 11.6 Å². The van der Waals surface area contributed by atoms with E-state index in [0.29, 0.717) is 29.1 Å². The van der Waals surface area contributed by atoms with Crippen molar-refractivity contribution in [2.75, 3.05) is 6.61 Å². The second-order valence-corrected chi connectivity index (χ2v) is 5.98. The summed E-state index contributed by atoms with van der Waals surface area (Å²) in [7, 11) is 0. The zero-order chi connectivity index (χ0) is 18.8. The SMILES string of the molecule is CCOc1ccc2cc(C(=O)Oc3ccc4ccccc4c3)c(=O)oc2c1. The molecule has 4 rings (SSSR count). The van der Waals surface area contributed by atoms with Crippen LogP contribution < -0.4 is 15.1 Å². The molecule has 0 radical (unpaired) electrons. The van der Waals surface area contributed by atoms with Crippen LogP contribution >= 0.6 is 0 Å². The summed E-state index contributed by atoms with van der Waals surface area (Å²) in [4.78, 5) is 24.7. The Bertz CT molecular complexity index is 1210. The van der Waals surface area contributed by atoms with Crippen molar-refractivity contribution in [1.29, 1.82) is 0 Å². The van der Waals surface area contributed by atoms with Crippen LogP contribution in [0.2, 0.25) is 0 Å². The fourth-order valence-electron chi connectivity index (χ4n) is 2.88. The van der Waals surface area contributed by atoms with Crippen LogP contribution in [0.1, 0.15) is 17.3 Å². The minimum atomic E-state index is -0.755. The van der Waals surface area contributed by atoms with E-state index in [4.69, 9.17) is 13.9 Å². The van der Waals surface area contributed by atoms with Gasteiger partial charge in [0.25, 0.3) is 0 Å². The van der Waals surface area contributed by atoms with E-state index in [-0.39, 0.29) is 5.56 Å². The Hall–Kier alpha value is -3.60. The predicted octanol–water partition coefficient (Wildman–Crippen LogP) is 4.56. The molecule has 5 heteroatoms. The molecule has 1 heterocycles. The summed E-state index contributed by atoms with van der Waals surface area (Å²) >= 11 is 0. The molecular weight excluding hydrogens is 344 g/mol. The van der Waals surface area contributed by atoms with Crippen molar-refractivity contribution in [2.24, 2.45) is 0 Å². The molecular formula is C22H16O5. The fourth-order valence-corrected chi connectivity index (χ4v) is 2.88. The van der Waals surface area contributed by atoms with E-state index in [1.807, 2.05) is 37.3 Å². The zero-order valence-electron chi connectivity index (χ0n) is 14.6. The minimum absolute atomic E-state index is 0.153. The van der Waals surface area contributed by atoms with Crippen molar-refractivity contribution in [3.63, 3.8) is 0 Å². The maximum absolute atomic E-state index is 12.5. The summed E-state index contributed by atoms with van der Waals surface area (Å²) in [5, 5.41) is 2.59. The van der Waals surface area contributed by atoms with Crippen LogP contribution in [0.5, 0.6) is 11.5 Å². The second kappa shape index (κ2) is 6.96. The van der Waals surface area contributed by atoms with Crippen molar-refractivity contribution < 1.29 is 18.7 Å². The van der Waals surface area contributed by atoms with Gasteiger partial charge in [0.05, 0.1) is 6.61 Å². The summed E-state index contributed by atoms with van der Waals surface area (Å²) in [5.74, 6) is 0.208. The van der Waals surface area contributed by atoms with E-state index in [1.165, 1.54) is 6.07 Å². The van der Waals surface area contributed by atoms with Gasteiger partial charge < -0.3 is 13.9 Å². The molecule has 0 aliphatic rings. The van der Waals surface area contributed by atoms with Gasteiger partial charge in [-0.15, -0.1) is 0 Å². The molecule has 0 saturated heterocycles. The van der Waals surface area contributed by atoms with Gasteiger partial charge in [-0.3, -0.25) is 0 Å². The van der Waals surface area contributed by atoms with Crippen LogP contribution in [-0.4, -0.2) is 12.6 Å². The lowest BCUT2D eigenvalue weighted by Gasteiger charge is -2.07. The first kappa shape index (κ1) is 16.8. The van der Waals surface area contributed by atoms with Gasteiger partial charge in [0.2, 0.25) is 0 Å². The molecule has 0 atom stereocenters. The number of carbonyl (C=O) groups excluding carboxylic acids is 1. The van der Waals surface area contributed by atoms with Gasteiger partial charge >= 0.3 is 11.6 Å². The third-order valence-electron chi connectivity index (χ3n) is 4.17. The molecule has 0 amide bonds. The van der Waals surface area contributed by atoms with Crippen LogP contribution in [0.15, 0.2) is 75.9 Å². The number of esters is 1. The summed E-state index contributed by atoms with van der Waals surface area (Å²) in [6.07, 6.45) is 0. The number of carbonyl (C=O) groups is 1. The Morgan fingerprint density at radius 3 is 2.44 bits per heavy atom. The van der Waals surface area contributed by atoms with Gasteiger partial charge in [-0.25, -0.2) is 9.59 Å². The molecule has 1 aromatic heterocycles. The van der Waals surface area contributed by atoms with E-state index in [0.717, 1.165) is 10.8 Å². The van der Waals surface area contributed by atoms with Gasteiger partial charge in [-0.05, 0) is 48.0 Å². The molecule has 27 heavy (non-hydrogen) atoms. The first-order chi connectivity index (χ1) is 13.1. The minimum Gasteiger partial charge on any atom is -0.494 e. The second-order valence-electron chi connectivity index (χ2n) is 5.98. The number of benzene rings is 3. The smallest absolute Gasteiger partial charge is 0.351 e. The Labute approximate surface area is 154 Å². The number of fused-ring (bicyclic) bond motifs is 2. The van der Waals surface area contributed by atoms with Crippen molar-refractivity contribution in [2.45, 2.75) is 6.92 Å². The zero-order valence-corrected chi connectivity index (χ0v) is 14.6. The fraction of sp³-hybridized carbons (Fsp3) is 0.0909. The molecule has 0 aliphatic carbocycles. The van der Waals surface area contributed by atoms with Crippen LogP contribution in [-0.2, 0) is 0 Å². The molecule has 0 fully saturated rings. The first-order valence-electron chi connectivity index (χ1n) is 8.56. The van der Waals surface area contributed by atoms with E-state index >= 15 is 0 Å². The Balaban J connectivity index is 1.65. The van der Waals surface area contributed by atoms with Crippen LogP contribution in [0.3, 0.4) is 0 Å². The Morgan fingerprint density at radius 2 is 1.63 bits per heavy atom. The highest BCUT2D eigenvalue weighted by atomic mass is 16.5. The maximum Gasteiger partial charge on any atom is 0.351 e. The summed E-state index contributed by atoms with van der Waals surface area (Å²) in [5.41, 5.74) is -0.546. The molecule has 0 saturated carbocycles. The molecule has 4 aromatic rings. The highest BCUT2D eigenvalue weighted by Crippen LogP contribution is 2.23. The number of rotatable bonds is 4. The molecule has 0 spiro atoms. The Kier molecular flexibility index (Phi) is 4.34. The van der Waals surface area contributed by atoms with Crippen molar-refractivity contribution >= 4 is 27.7 Å². The van der Waals surface area contributed by atoms with Crippen LogP contribution in [0.4, 0.5) is 0 Å². The topological polar surface area (TPSA) is 65.7 Å².